The van der Waals surface area contributed by atoms with Crippen LogP contribution in [0.4, 0.5) is 17.1 Å². The summed E-state index contributed by atoms with van der Waals surface area (Å²) in [4.78, 5) is 17.2. The molecular weight excluding hydrogens is 699 g/mol. The van der Waals surface area contributed by atoms with Gasteiger partial charge < -0.3 is 13.9 Å². The highest BCUT2D eigenvalue weighted by Crippen LogP contribution is 2.43. The Labute approximate surface area is 328 Å². The van der Waals surface area contributed by atoms with Gasteiger partial charge in [-0.3, -0.25) is 0 Å². The Morgan fingerprint density at radius 1 is 0.386 bits per heavy atom. The fourth-order valence-corrected chi connectivity index (χ4v) is 8.02. The van der Waals surface area contributed by atoms with Crippen LogP contribution >= 0.6 is 0 Å². The summed E-state index contributed by atoms with van der Waals surface area (Å²) in [7, 11) is 0. The molecule has 0 atom stereocenters. The minimum absolute atomic E-state index is 0.612. The van der Waals surface area contributed by atoms with E-state index in [1.165, 1.54) is 0 Å². The highest BCUT2D eigenvalue weighted by Gasteiger charge is 2.21. The standard InChI is InChI=1S/C51H33N5O/c1-5-16-34(17-6-1)49-52-50(35-18-7-2-8-19-35)54-51(53-49)36-20-15-25-39(32-36)56-44-27-14-13-26-43(44)47-45(56)31-30-42-41-29-28-40(33-46(41)57-48(42)47)55(37-21-9-3-10-22-37)38-23-11-4-12-24-38/h1-33H. The maximum absolute atomic E-state index is 6.92. The summed E-state index contributed by atoms with van der Waals surface area (Å²) in [5, 5.41) is 4.36. The second kappa shape index (κ2) is 13.5. The first-order valence-electron chi connectivity index (χ1n) is 19.0. The number of aromatic nitrogens is 4. The van der Waals surface area contributed by atoms with E-state index in [4.69, 9.17) is 19.4 Å². The molecule has 268 valence electrons. The van der Waals surface area contributed by atoms with E-state index in [-0.39, 0.29) is 0 Å². The van der Waals surface area contributed by atoms with Crippen molar-refractivity contribution in [1.29, 1.82) is 0 Å². The van der Waals surface area contributed by atoms with Gasteiger partial charge in [-0.25, -0.2) is 15.0 Å². The van der Waals surface area contributed by atoms with E-state index < -0.39 is 0 Å². The first-order chi connectivity index (χ1) is 28.3. The van der Waals surface area contributed by atoms with Gasteiger partial charge in [0, 0.05) is 61.7 Å². The van der Waals surface area contributed by atoms with Crippen molar-refractivity contribution in [3.05, 3.63) is 200 Å². The van der Waals surface area contributed by atoms with Crippen LogP contribution in [-0.2, 0) is 0 Å². The van der Waals surface area contributed by atoms with E-state index in [2.05, 4.69) is 137 Å². The highest BCUT2D eigenvalue weighted by molar-refractivity contribution is 6.24. The largest absolute Gasteiger partial charge is 0.455 e. The van der Waals surface area contributed by atoms with Crippen molar-refractivity contribution >= 4 is 60.8 Å². The van der Waals surface area contributed by atoms with Crippen molar-refractivity contribution in [2.45, 2.75) is 0 Å². The Bertz CT molecular complexity index is 3130. The Morgan fingerprint density at radius 2 is 0.930 bits per heavy atom. The van der Waals surface area contributed by atoms with Crippen molar-refractivity contribution in [2.24, 2.45) is 0 Å². The fourth-order valence-electron chi connectivity index (χ4n) is 8.02. The number of furan rings is 1. The molecule has 6 nitrogen and oxygen atoms in total. The van der Waals surface area contributed by atoms with E-state index >= 15 is 0 Å². The molecule has 0 bridgehead atoms. The van der Waals surface area contributed by atoms with E-state index in [1.807, 2.05) is 72.8 Å². The van der Waals surface area contributed by atoms with Crippen LogP contribution in [0.1, 0.15) is 0 Å². The number of fused-ring (bicyclic) bond motifs is 7. The summed E-state index contributed by atoms with van der Waals surface area (Å²) >= 11 is 0. The van der Waals surface area contributed by atoms with Crippen molar-refractivity contribution < 1.29 is 4.42 Å². The molecule has 0 spiro atoms. The molecule has 0 unspecified atom stereocenters. The Balaban J connectivity index is 1.08. The maximum Gasteiger partial charge on any atom is 0.164 e. The molecule has 0 radical (unpaired) electrons. The number of hydrogen-bond acceptors (Lipinski definition) is 5. The molecule has 0 saturated heterocycles. The highest BCUT2D eigenvalue weighted by atomic mass is 16.3. The van der Waals surface area contributed by atoms with Crippen molar-refractivity contribution in [2.75, 3.05) is 4.90 Å². The average molecular weight is 732 g/mol. The molecule has 0 aliphatic heterocycles. The number of nitrogens with zero attached hydrogens (tertiary/aromatic N) is 5. The number of anilines is 3. The molecule has 11 aromatic rings. The third-order valence-electron chi connectivity index (χ3n) is 10.6. The van der Waals surface area contributed by atoms with Crippen LogP contribution in [0.3, 0.4) is 0 Å². The smallest absolute Gasteiger partial charge is 0.164 e. The second-order valence-corrected chi connectivity index (χ2v) is 14.1. The van der Waals surface area contributed by atoms with Crippen LogP contribution in [0, 0.1) is 0 Å². The molecule has 0 fully saturated rings. The van der Waals surface area contributed by atoms with Crippen LogP contribution < -0.4 is 4.90 Å². The number of hydrogen-bond donors (Lipinski definition) is 0. The number of para-hydroxylation sites is 3. The minimum atomic E-state index is 0.612. The molecule has 11 rings (SSSR count). The Hall–Kier alpha value is -7.83. The molecule has 0 N–H and O–H groups in total. The van der Waals surface area contributed by atoms with Gasteiger partial charge >= 0.3 is 0 Å². The van der Waals surface area contributed by atoms with Gasteiger partial charge in [0.05, 0.1) is 16.4 Å². The van der Waals surface area contributed by atoms with Gasteiger partial charge in [-0.1, -0.05) is 127 Å². The summed E-state index contributed by atoms with van der Waals surface area (Å²) in [5.74, 6) is 1.88. The molecule has 0 saturated carbocycles. The lowest BCUT2D eigenvalue weighted by atomic mass is 10.1. The van der Waals surface area contributed by atoms with E-state index in [9.17, 15) is 0 Å². The quantitative estimate of drug-likeness (QED) is 0.163. The maximum atomic E-state index is 6.92. The van der Waals surface area contributed by atoms with E-state index in [0.717, 1.165) is 83.2 Å². The lowest BCUT2D eigenvalue weighted by molar-refractivity contribution is 0.673. The molecule has 0 amide bonds. The predicted octanol–water partition coefficient (Wildman–Crippen LogP) is 13.3. The first kappa shape index (κ1) is 32.6. The fraction of sp³-hybridized carbons (Fsp3) is 0. The zero-order valence-corrected chi connectivity index (χ0v) is 30.7. The van der Waals surface area contributed by atoms with Crippen LogP contribution in [0.15, 0.2) is 205 Å². The molecule has 6 heteroatoms. The van der Waals surface area contributed by atoms with Gasteiger partial charge in [0.2, 0.25) is 0 Å². The first-order valence-corrected chi connectivity index (χ1v) is 19.0. The Morgan fingerprint density at radius 3 is 1.58 bits per heavy atom. The minimum Gasteiger partial charge on any atom is -0.455 e. The monoisotopic (exact) mass is 731 g/mol. The van der Waals surface area contributed by atoms with Crippen LogP contribution in [0.2, 0.25) is 0 Å². The summed E-state index contributed by atoms with van der Waals surface area (Å²) in [6, 6.07) is 69.0. The van der Waals surface area contributed by atoms with Gasteiger partial charge in [0.15, 0.2) is 17.5 Å². The van der Waals surface area contributed by atoms with E-state index in [0.29, 0.717) is 17.5 Å². The molecule has 0 aliphatic carbocycles. The van der Waals surface area contributed by atoms with Crippen LogP contribution in [0.5, 0.6) is 0 Å². The second-order valence-electron chi connectivity index (χ2n) is 14.1. The van der Waals surface area contributed by atoms with Gasteiger partial charge in [-0.05, 0) is 66.7 Å². The summed E-state index contributed by atoms with van der Waals surface area (Å²) in [5.41, 5.74) is 10.8. The third-order valence-corrected chi connectivity index (χ3v) is 10.6. The van der Waals surface area contributed by atoms with Crippen molar-refractivity contribution in [3.63, 3.8) is 0 Å². The molecule has 3 aromatic heterocycles. The van der Waals surface area contributed by atoms with E-state index in [1.54, 1.807) is 0 Å². The summed E-state index contributed by atoms with van der Waals surface area (Å²) in [6.07, 6.45) is 0. The van der Waals surface area contributed by atoms with Gasteiger partial charge in [-0.15, -0.1) is 0 Å². The van der Waals surface area contributed by atoms with Crippen LogP contribution in [0.25, 0.3) is 83.6 Å². The lowest BCUT2D eigenvalue weighted by Crippen LogP contribution is -2.09. The summed E-state index contributed by atoms with van der Waals surface area (Å²) in [6.45, 7) is 0. The normalized spacial score (nSPS) is 11.5. The molecule has 57 heavy (non-hydrogen) atoms. The summed E-state index contributed by atoms with van der Waals surface area (Å²) < 4.78 is 9.24. The third kappa shape index (κ3) is 5.62. The topological polar surface area (TPSA) is 60.0 Å². The number of benzene rings is 8. The molecular formula is C51H33N5O. The molecule has 3 heterocycles. The van der Waals surface area contributed by atoms with Crippen molar-refractivity contribution in [1.82, 2.24) is 19.5 Å². The van der Waals surface area contributed by atoms with Crippen molar-refractivity contribution in [3.8, 4) is 39.9 Å². The predicted molar refractivity (Wildman–Crippen MR) is 232 cm³/mol. The van der Waals surface area contributed by atoms with Gasteiger partial charge in [-0.2, -0.15) is 0 Å². The van der Waals surface area contributed by atoms with Gasteiger partial charge in [0.1, 0.15) is 11.2 Å². The van der Waals surface area contributed by atoms with Gasteiger partial charge in [0.25, 0.3) is 0 Å². The number of rotatable bonds is 7. The zero-order chi connectivity index (χ0) is 37.7. The van der Waals surface area contributed by atoms with Crippen LogP contribution in [-0.4, -0.2) is 19.5 Å². The zero-order valence-electron chi connectivity index (χ0n) is 30.7. The Kier molecular flexibility index (Phi) is 7.71. The SMILES string of the molecule is c1ccc(-c2nc(-c3ccccc3)nc(-c3cccc(-n4c5ccccc5c5c6oc7cc(N(c8ccccc8)c8ccccc8)ccc7c6ccc54)c3)n2)cc1. The molecule has 8 aromatic carbocycles. The molecule has 0 aliphatic rings. The lowest BCUT2D eigenvalue weighted by Gasteiger charge is -2.25. The average Bonchev–Trinajstić information content (AvgIpc) is 3.83.